The van der Waals surface area contributed by atoms with E-state index in [0.717, 1.165) is 12.6 Å². The number of likely N-dealkylation sites (tertiary alicyclic amines) is 2. The molecule has 2 N–H and O–H groups in total. The Balaban J connectivity index is 1.50. The van der Waals surface area contributed by atoms with Crippen LogP contribution in [0.2, 0.25) is 0 Å². The van der Waals surface area contributed by atoms with Crippen LogP contribution in [0.1, 0.15) is 49.7 Å². The third-order valence-electron chi connectivity index (χ3n) is 4.79. The Morgan fingerprint density at radius 2 is 2.05 bits per heavy atom. The van der Waals surface area contributed by atoms with Crippen molar-refractivity contribution in [2.24, 2.45) is 5.73 Å². The molecule has 2 aliphatic rings. The second-order valence-corrected chi connectivity index (χ2v) is 7.77. The zero-order valence-corrected chi connectivity index (χ0v) is 14.1. The smallest absolute Gasteiger partial charge is 0.0954 e. The van der Waals surface area contributed by atoms with Crippen molar-refractivity contribution in [3.63, 3.8) is 0 Å². The normalized spacial score (nSPS) is 26.0. The second-order valence-electron chi connectivity index (χ2n) is 6.88. The predicted octanol–water partition coefficient (Wildman–Crippen LogP) is 2.26. The van der Waals surface area contributed by atoms with Gasteiger partial charge in [-0.1, -0.05) is 13.8 Å². The summed E-state index contributed by atoms with van der Waals surface area (Å²) < 4.78 is 0. The number of nitrogens with two attached hydrogens (primary N) is 1. The Labute approximate surface area is 132 Å². The topological polar surface area (TPSA) is 45.4 Å². The van der Waals surface area contributed by atoms with Gasteiger partial charge in [-0.15, -0.1) is 11.3 Å². The van der Waals surface area contributed by atoms with Gasteiger partial charge < -0.3 is 5.73 Å². The van der Waals surface area contributed by atoms with Crippen LogP contribution in [0.3, 0.4) is 0 Å². The van der Waals surface area contributed by atoms with Crippen molar-refractivity contribution in [2.45, 2.75) is 57.7 Å². The molecule has 0 bridgehead atoms. The second kappa shape index (κ2) is 6.73. The average molecular weight is 308 g/mol. The van der Waals surface area contributed by atoms with Gasteiger partial charge in [0, 0.05) is 43.0 Å². The molecule has 0 spiro atoms. The third kappa shape index (κ3) is 3.83. The lowest BCUT2D eigenvalue weighted by Crippen LogP contribution is -2.46. The van der Waals surface area contributed by atoms with Crippen LogP contribution < -0.4 is 5.73 Å². The summed E-state index contributed by atoms with van der Waals surface area (Å²) in [6.07, 6.45) is 3.64. The van der Waals surface area contributed by atoms with Crippen LogP contribution in [-0.4, -0.2) is 53.0 Å². The van der Waals surface area contributed by atoms with E-state index in [1.165, 1.54) is 56.1 Å². The summed E-state index contributed by atoms with van der Waals surface area (Å²) in [4.78, 5) is 9.99. The minimum absolute atomic E-state index is 0.434. The van der Waals surface area contributed by atoms with E-state index < -0.39 is 0 Å². The number of hydrogen-bond acceptors (Lipinski definition) is 5. The van der Waals surface area contributed by atoms with Crippen molar-refractivity contribution in [3.05, 3.63) is 16.1 Å². The molecule has 1 aromatic rings. The van der Waals surface area contributed by atoms with Gasteiger partial charge in [0.2, 0.25) is 0 Å². The minimum Gasteiger partial charge on any atom is -0.328 e. The van der Waals surface area contributed by atoms with Crippen LogP contribution in [0.25, 0.3) is 0 Å². The molecular weight excluding hydrogens is 280 g/mol. The molecular formula is C16H28N4S. The number of hydrogen-bond donors (Lipinski definition) is 1. The highest BCUT2D eigenvalue weighted by molar-refractivity contribution is 7.09. The SMILES string of the molecule is CC(C)c1nc(CN2CCC(N3CCC(N)CC3)C2)cs1. The van der Waals surface area contributed by atoms with Gasteiger partial charge in [-0.2, -0.15) is 0 Å². The molecule has 5 heteroatoms. The fourth-order valence-electron chi connectivity index (χ4n) is 3.43. The molecule has 0 aromatic carbocycles. The lowest BCUT2D eigenvalue weighted by molar-refractivity contribution is 0.151. The van der Waals surface area contributed by atoms with Crippen molar-refractivity contribution in [1.82, 2.24) is 14.8 Å². The summed E-state index contributed by atoms with van der Waals surface area (Å²) in [5, 5.41) is 3.51. The van der Waals surface area contributed by atoms with Gasteiger partial charge in [0.05, 0.1) is 10.7 Å². The largest absolute Gasteiger partial charge is 0.328 e. The maximum Gasteiger partial charge on any atom is 0.0954 e. The Morgan fingerprint density at radius 3 is 2.71 bits per heavy atom. The van der Waals surface area contributed by atoms with Gasteiger partial charge in [-0.3, -0.25) is 9.80 Å². The highest BCUT2D eigenvalue weighted by atomic mass is 32.1. The fourth-order valence-corrected chi connectivity index (χ4v) is 4.25. The number of thiazole rings is 1. The van der Waals surface area contributed by atoms with E-state index in [1.807, 2.05) is 11.3 Å². The Kier molecular flexibility index (Phi) is 4.94. The van der Waals surface area contributed by atoms with Gasteiger partial charge >= 0.3 is 0 Å². The van der Waals surface area contributed by atoms with E-state index in [-0.39, 0.29) is 0 Å². The van der Waals surface area contributed by atoms with Gasteiger partial charge in [0.25, 0.3) is 0 Å². The quantitative estimate of drug-likeness (QED) is 0.927. The molecule has 3 heterocycles. The molecule has 1 atom stereocenters. The molecule has 1 aromatic heterocycles. The average Bonchev–Trinajstić information content (AvgIpc) is 3.10. The highest BCUT2D eigenvalue weighted by Crippen LogP contribution is 2.23. The van der Waals surface area contributed by atoms with Gasteiger partial charge in [0.1, 0.15) is 0 Å². The summed E-state index contributed by atoms with van der Waals surface area (Å²) in [7, 11) is 0. The van der Waals surface area contributed by atoms with Crippen LogP contribution in [0.4, 0.5) is 0 Å². The number of nitrogens with zero attached hydrogens (tertiary/aromatic N) is 3. The lowest BCUT2D eigenvalue weighted by Gasteiger charge is -2.34. The zero-order chi connectivity index (χ0) is 14.8. The molecule has 2 saturated heterocycles. The number of aromatic nitrogens is 1. The van der Waals surface area contributed by atoms with E-state index in [1.54, 1.807) is 0 Å². The Morgan fingerprint density at radius 1 is 1.29 bits per heavy atom. The predicted molar refractivity (Wildman–Crippen MR) is 88.7 cm³/mol. The fraction of sp³-hybridized carbons (Fsp3) is 0.812. The Bertz CT molecular complexity index is 451. The molecule has 0 amide bonds. The van der Waals surface area contributed by atoms with E-state index in [9.17, 15) is 0 Å². The highest BCUT2D eigenvalue weighted by Gasteiger charge is 2.29. The standard InChI is InChI=1S/C16H28N4S/c1-12(2)16-18-14(11-21-16)9-19-6-5-15(10-19)20-7-3-13(17)4-8-20/h11-13,15H,3-10,17H2,1-2H3. The van der Waals surface area contributed by atoms with Crippen LogP contribution in [0.5, 0.6) is 0 Å². The Hall–Kier alpha value is -0.490. The maximum absolute atomic E-state index is 6.01. The third-order valence-corrected chi connectivity index (χ3v) is 5.98. The zero-order valence-electron chi connectivity index (χ0n) is 13.3. The van der Waals surface area contributed by atoms with E-state index in [2.05, 4.69) is 29.0 Å². The van der Waals surface area contributed by atoms with Crippen molar-refractivity contribution < 1.29 is 0 Å². The summed E-state index contributed by atoms with van der Waals surface area (Å²) in [6, 6.07) is 1.17. The van der Waals surface area contributed by atoms with E-state index in [0.29, 0.717) is 12.0 Å². The minimum atomic E-state index is 0.434. The maximum atomic E-state index is 6.01. The van der Waals surface area contributed by atoms with Crippen molar-refractivity contribution in [2.75, 3.05) is 26.2 Å². The molecule has 1 unspecified atom stereocenters. The first-order valence-electron chi connectivity index (χ1n) is 8.28. The first kappa shape index (κ1) is 15.4. The van der Waals surface area contributed by atoms with Crippen molar-refractivity contribution in [3.8, 4) is 0 Å². The van der Waals surface area contributed by atoms with Gasteiger partial charge in [0.15, 0.2) is 0 Å². The van der Waals surface area contributed by atoms with Crippen LogP contribution in [-0.2, 0) is 6.54 Å². The summed E-state index contributed by atoms with van der Waals surface area (Å²) >= 11 is 1.81. The van der Waals surface area contributed by atoms with Crippen LogP contribution in [0.15, 0.2) is 5.38 Å². The monoisotopic (exact) mass is 308 g/mol. The first-order valence-corrected chi connectivity index (χ1v) is 9.16. The first-order chi connectivity index (χ1) is 10.1. The summed E-state index contributed by atoms with van der Waals surface area (Å²) in [6.45, 7) is 10.2. The van der Waals surface area contributed by atoms with E-state index >= 15 is 0 Å². The molecule has 118 valence electrons. The van der Waals surface area contributed by atoms with E-state index in [4.69, 9.17) is 10.7 Å². The van der Waals surface area contributed by atoms with Crippen LogP contribution >= 0.6 is 11.3 Å². The molecule has 3 rings (SSSR count). The molecule has 2 aliphatic heterocycles. The summed E-state index contributed by atoms with van der Waals surface area (Å²) in [5.74, 6) is 0.549. The van der Waals surface area contributed by atoms with Gasteiger partial charge in [-0.25, -0.2) is 4.98 Å². The molecule has 4 nitrogen and oxygen atoms in total. The van der Waals surface area contributed by atoms with Gasteiger partial charge in [-0.05, 0) is 32.4 Å². The van der Waals surface area contributed by atoms with Crippen molar-refractivity contribution >= 4 is 11.3 Å². The number of rotatable bonds is 4. The molecule has 0 aliphatic carbocycles. The molecule has 0 radical (unpaired) electrons. The lowest BCUT2D eigenvalue weighted by atomic mass is 10.0. The number of piperidine rings is 1. The van der Waals surface area contributed by atoms with Crippen molar-refractivity contribution in [1.29, 1.82) is 0 Å². The molecule has 21 heavy (non-hydrogen) atoms. The summed E-state index contributed by atoms with van der Waals surface area (Å²) in [5.41, 5.74) is 7.26. The molecule has 2 fully saturated rings. The molecule has 0 saturated carbocycles. The van der Waals surface area contributed by atoms with Crippen LogP contribution in [0, 0.1) is 0 Å².